The van der Waals surface area contributed by atoms with E-state index in [1.807, 2.05) is 0 Å². The van der Waals surface area contributed by atoms with Crippen molar-refractivity contribution in [3.63, 3.8) is 0 Å². The van der Waals surface area contributed by atoms with E-state index >= 15 is 0 Å². The monoisotopic (exact) mass is 252 g/mol. The Labute approximate surface area is 111 Å². The maximum absolute atomic E-state index is 6.55. The number of unbranched alkanes of at least 4 members (excludes halogenated alkanes) is 1. The van der Waals surface area contributed by atoms with Crippen LogP contribution >= 0.6 is 11.6 Å². The van der Waals surface area contributed by atoms with Crippen molar-refractivity contribution >= 4 is 11.6 Å². The highest BCUT2D eigenvalue weighted by molar-refractivity contribution is 6.21. The average Bonchev–Trinajstić information content (AvgIpc) is 2.36. The van der Waals surface area contributed by atoms with Gasteiger partial charge in [0.15, 0.2) is 0 Å². The van der Waals surface area contributed by atoms with E-state index in [-0.39, 0.29) is 10.8 Å². The summed E-state index contributed by atoms with van der Waals surface area (Å²) in [7, 11) is 0. The van der Waals surface area contributed by atoms with E-state index in [2.05, 4.69) is 52.0 Å². The maximum atomic E-state index is 6.55. The quantitative estimate of drug-likeness (QED) is 0.566. The van der Waals surface area contributed by atoms with Crippen LogP contribution in [-0.4, -0.2) is 0 Å². The number of alkyl halides is 1. The highest BCUT2D eigenvalue weighted by atomic mass is 35.5. The van der Waals surface area contributed by atoms with Gasteiger partial charge in [-0.3, -0.25) is 0 Å². The molecule has 0 aliphatic rings. The van der Waals surface area contributed by atoms with Crippen molar-refractivity contribution in [1.82, 2.24) is 0 Å². The Morgan fingerprint density at radius 3 is 2.18 bits per heavy atom. The van der Waals surface area contributed by atoms with Gasteiger partial charge in [0.1, 0.15) is 0 Å². The zero-order chi connectivity index (χ0) is 12.9. The second-order valence-corrected chi connectivity index (χ2v) is 5.99. The van der Waals surface area contributed by atoms with Gasteiger partial charge in [-0.25, -0.2) is 0 Å². The molecule has 0 saturated carbocycles. The summed E-state index contributed by atoms with van der Waals surface area (Å²) in [5.74, 6) is 0. The molecule has 0 N–H and O–H groups in total. The summed E-state index contributed by atoms with van der Waals surface area (Å²) in [4.78, 5) is 0. The van der Waals surface area contributed by atoms with Gasteiger partial charge in [-0.15, -0.1) is 11.6 Å². The lowest BCUT2D eigenvalue weighted by Gasteiger charge is -2.29. The highest BCUT2D eigenvalue weighted by Gasteiger charge is 2.26. The lowest BCUT2D eigenvalue weighted by atomic mass is 9.82. The van der Waals surface area contributed by atoms with Crippen molar-refractivity contribution in [3.05, 3.63) is 35.4 Å². The van der Waals surface area contributed by atoms with Gasteiger partial charge in [-0.2, -0.15) is 0 Å². The molecule has 1 aromatic carbocycles. The van der Waals surface area contributed by atoms with Crippen LogP contribution in [0.25, 0.3) is 0 Å². The van der Waals surface area contributed by atoms with Gasteiger partial charge in [-0.1, -0.05) is 58.4 Å². The van der Waals surface area contributed by atoms with E-state index in [9.17, 15) is 0 Å². The van der Waals surface area contributed by atoms with E-state index in [1.165, 1.54) is 30.4 Å². The molecule has 0 nitrogen and oxygen atoms in total. The number of hydrogen-bond acceptors (Lipinski definition) is 0. The zero-order valence-electron chi connectivity index (χ0n) is 11.6. The van der Waals surface area contributed by atoms with Crippen LogP contribution in [0.1, 0.15) is 63.5 Å². The van der Waals surface area contributed by atoms with Crippen molar-refractivity contribution in [2.24, 2.45) is 5.41 Å². The second kappa shape index (κ2) is 6.44. The van der Waals surface area contributed by atoms with Crippen LogP contribution < -0.4 is 0 Å². The standard InChI is InChI=1S/C16H25Cl/c1-5-7-8-13-9-11-14(12-10-13)15(17)16(3,4)6-2/h9-12,15H,5-8H2,1-4H3. The Kier molecular flexibility index (Phi) is 5.52. The third-order valence-electron chi connectivity index (χ3n) is 3.69. The van der Waals surface area contributed by atoms with E-state index in [1.54, 1.807) is 0 Å². The largest absolute Gasteiger partial charge is 0.117 e. The van der Waals surface area contributed by atoms with Crippen LogP contribution in [0.4, 0.5) is 0 Å². The molecule has 0 bridgehead atoms. The molecule has 0 fully saturated rings. The maximum Gasteiger partial charge on any atom is 0.0636 e. The summed E-state index contributed by atoms with van der Waals surface area (Å²) in [6, 6.07) is 8.85. The van der Waals surface area contributed by atoms with Gasteiger partial charge in [0.25, 0.3) is 0 Å². The molecule has 1 heteroatoms. The lowest BCUT2D eigenvalue weighted by Crippen LogP contribution is -2.16. The van der Waals surface area contributed by atoms with Gasteiger partial charge >= 0.3 is 0 Å². The van der Waals surface area contributed by atoms with E-state index in [0.29, 0.717) is 0 Å². The fourth-order valence-electron chi connectivity index (χ4n) is 1.86. The molecule has 0 aliphatic carbocycles. The first-order chi connectivity index (χ1) is 8.01. The van der Waals surface area contributed by atoms with Crippen LogP contribution in [-0.2, 0) is 6.42 Å². The van der Waals surface area contributed by atoms with Crippen molar-refractivity contribution in [1.29, 1.82) is 0 Å². The molecule has 0 spiro atoms. The van der Waals surface area contributed by atoms with Crippen molar-refractivity contribution in [2.75, 3.05) is 0 Å². The molecule has 1 aromatic rings. The Hall–Kier alpha value is -0.490. The molecule has 17 heavy (non-hydrogen) atoms. The first-order valence-electron chi connectivity index (χ1n) is 6.74. The fraction of sp³-hybridized carbons (Fsp3) is 0.625. The summed E-state index contributed by atoms with van der Waals surface area (Å²) in [5.41, 5.74) is 2.83. The molecule has 0 heterocycles. The number of halogens is 1. The van der Waals surface area contributed by atoms with Crippen molar-refractivity contribution in [3.8, 4) is 0 Å². The van der Waals surface area contributed by atoms with Gasteiger partial charge in [0.05, 0.1) is 5.38 Å². The Morgan fingerprint density at radius 2 is 1.71 bits per heavy atom. The first-order valence-corrected chi connectivity index (χ1v) is 7.17. The number of rotatable bonds is 6. The van der Waals surface area contributed by atoms with Gasteiger partial charge in [-0.05, 0) is 35.8 Å². The Bertz CT molecular complexity index is 324. The smallest absolute Gasteiger partial charge is 0.0636 e. The molecule has 0 aliphatic heterocycles. The van der Waals surface area contributed by atoms with Crippen LogP contribution in [0.15, 0.2) is 24.3 Å². The summed E-state index contributed by atoms with van der Waals surface area (Å²) in [5, 5.41) is 0.104. The molecule has 0 radical (unpaired) electrons. The average molecular weight is 253 g/mol. The Morgan fingerprint density at radius 1 is 1.12 bits per heavy atom. The van der Waals surface area contributed by atoms with E-state index < -0.39 is 0 Å². The molecule has 96 valence electrons. The summed E-state index contributed by atoms with van der Waals surface area (Å²) in [6.07, 6.45) is 4.80. The third kappa shape index (κ3) is 4.03. The van der Waals surface area contributed by atoms with Crippen LogP contribution in [0.2, 0.25) is 0 Å². The molecule has 0 amide bonds. The predicted molar refractivity (Wildman–Crippen MR) is 77.7 cm³/mol. The molecule has 1 unspecified atom stereocenters. The topological polar surface area (TPSA) is 0 Å². The van der Waals surface area contributed by atoms with Crippen molar-refractivity contribution < 1.29 is 0 Å². The second-order valence-electron chi connectivity index (χ2n) is 5.55. The summed E-state index contributed by atoms with van der Waals surface area (Å²) >= 11 is 6.55. The molecule has 1 rings (SSSR count). The van der Waals surface area contributed by atoms with Crippen LogP contribution in [0, 0.1) is 5.41 Å². The van der Waals surface area contributed by atoms with E-state index in [0.717, 1.165) is 6.42 Å². The molecule has 1 atom stereocenters. The Balaban J connectivity index is 2.73. The lowest BCUT2D eigenvalue weighted by molar-refractivity contribution is 0.336. The fourth-order valence-corrected chi connectivity index (χ4v) is 2.16. The van der Waals surface area contributed by atoms with Gasteiger partial charge in [0.2, 0.25) is 0 Å². The third-order valence-corrected chi connectivity index (χ3v) is 4.53. The van der Waals surface area contributed by atoms with E-state index in [4.69, 9.17) is 11.6 Å². The summed E-state index contributed by atoms with van der Waals surface area (Å²) < 4.78 is 0. The molecular weight excluding hydrogens is 228 g/mol. The number of hydrogen-bond donors (Lipinski definition) is 0. The van der Waals surface area contributed by atoms with Crippen molar-refractivity contribution in [2.45, 2.75) is 58.8 Å². The number of benzene rings is 1. The minimum atomic E-state index is 0.104. The summed E-state index contributed by atoms with van der Waals surface area (Å²) in [6.45, 7) is 8.89. The zero-order valence-corrected chi connectivity index (χ0v) is 12.3. The normalized spacial score (nSPS) is 13.7. The highest BCUT2D eigenvalue weighted by Crippen LogP contribution is 2.41. The van der Waals surface area contributed by atoms with Gasteiger partial charge < -0.3 is 0 Å². The van der Waals surface area contributed by atoms with Crippen LogP contribution in [0.5, 0.6) is 0 Å². The molecular formula is C16H25Cl. The first kappa shape index (κ1) is 14.6. The SMILES string of the molecule is CCCCc1ccc(C(Cl)C(C)(C)CC)cc1. The number of aryl methyl sites for hydroxylation is 1. The van der Waals surface area contributed by atoms with Crippen LogP contribution in [0.3, 0.4) is 0 Å². The molecule has 0 saturated heterocycles. The van der Waals surface area contributed by atoms with Gasteiger partial charge in [0, 0.05) is 0 Å². The molecule has 0 aromatic heterocycles. The predicted octanol–water partition coefficient (Wildman–Crippen LogP) is 5.75. The minimum absolute atomic E-state index is 0.104. The minimum Gasteiger partial charge on any atom is -0.117 e.